The first kappa shape index (κ1) is 16.7. The lowest BCUT2D eigenvalue weighted by Gasteiger charge is -2.08. The molecule has 0 atom stereocenters. The van der Waals surface area contributed by atoms with Crippen molar-refractivity contribution in [2.75, 3.05) is 13.7 Å². The molecule has 4 heteroatoms. The van der Waals surface area contributed by atoms with E-state index in [1.54, 1.807) is 38.3 Å². The van der Waals surface area contributed by atoms with Crippen molar-refractivity contribution in [3.63, 3.8) is 0 Å². The molecule has 2 rings (SSSR count). The van der Waals surface area contributed by atoms with Gasteiger partial charge >= 0.3 is 5.97 Å². The number of Topliss-reactive ketones (excluding diaryl/α,β-unsaturated/α-hetero) is 1. The predicted molar refractivity (Wildman–Crippen MR) is 88.0 cm³/mol. The first-order chi connectivity index (χ1) is 11.2. The molecule has 0 spiro atoms. The van der Waals surface area contributed by atoms with Crippen LogP contribution in [0, 0.1) is 0 Å². The number of hydrogen-bond donors (Lipinski definition) is 0. The molecule has 0 fully saturated rings. The van der Waals surface area contributed by atoms with Gasteiger partial charge in [-0.15, -0.1) is 0 Å². The van der Waals surface area contributed by atoms with E-state index < -0.39 is 5.97 Å². The molecule has 2 aromatic rings. The number of carbonyl (C=O) groups is 2. The molecule has 0 unspecified atom stereocenters. The monoisotopic (exact) mass is 312 g/mol. The van der Waals surface area contributed by atoms with Crippen LogP contribution < -0.4 is 4.74 Å². The number of methoxy groups -OCH3 is 1. The summed E-state index contributed by atoms with van der Waals surface area (Å²) in [6.45, 7) is 2.02. The Kier molecular flexibility index (Phi) is 5.92. The highest BCUT2D eigenvalue weighted by Gasteiger charge is 2.17. The Morgan fingerprint density at radius 3 is 2.43 bits per heavy atom. The molecular formula is C19H20O4. The Balaban J connectivity index is 2.10. The van der Waals surface area contributed by atoms with Crippen LogP contribution in [0.3, 0.4) is 0 Å². The van der Waals surface area contributed by atoms with Crippen LogP contribution in [-0.2, 0) is 11.2 Å². The minimum Gasteiger partial charge on any atom is -0.497 e. The van der Waals surface area contributed by atoms with Gasteiger partial charge in [0.2, 0.25) is 0 Å². The second-order valence-corrected chi connectivity index (χ2v) is 5.04. The SMILES string of the molecule is CCOC(=O)c1ccccc1C(=O)CCc1cccc(OC)c1. The lowest BCUT2D eigenvalue weighted by Crippen LogP contribution is -2.12. The maximum absolute atomic E-state index is 12.5. The van der Waals surface area contributed by atoms with E-state index in [0.717, 1.165) is 11.3 Å². The number of rotatable bonds is 7. The number of ether oxygens (including phenoxy) is 2. The summed E-state index contributed by atoms with van der Waals surface area (Å²) in [6, 6.07) is 14.4. The van der Waals surface area contributed by atoms with Crippen molar-refractivity contribution in [2.45, 2.75) is 19.8 Å². The molecular weight excluding hydrogens is 292 g/mol. The van der Waals surface area contributed by atoms with Crippen molar-refractivity contribution < 1.29 is 19.1 Å². The van der Waals surface area contributed by atoms with Gasteiger partial charge in [-0.1, -0.05) is 30.3 Å². The number of esters is 1. The summed E-state index contributed by atoms with van der Waals surface area (Å²) >= 11 is 0. The third kappa shape index (κ3) is 4.42. The number of benzene rings is 2. The molecule has 0 saturated carbocycles. The molecule has 0 bridgehead atoms. The van der Waals surface area contributed by atoms with E-state index in [2.05, 4.69) is 0 Å². The molecule has 0 aliphatic heterocycles. The van der Waals surface area contributed by atoms with Gasteiger partial charge < -0.3 is 9.47 Å². The zero-order valence-corrected chi connectivity index (χ0v) is 13.4. The van der Waals surface area contributed by atoms with Gasteiger partial charge in [-0.25, -0.2) is 4.79 Å². The average molecular weight is 312 g/mol. The number of ketones is 1. The smallest absolute Gasteiger partial charge is 0.338 e. The van der Waals surface area contributed by atoms with Gasteiger partial charge in [0.15, 0.2) is 5.78 Å². The number of aryl methyl sites for hydroxylation is 1. The normalized spacial score (nSPS) is 10.2. The van der Waals surface area contributed by atoms with Gasteiger partial charge in [-0.3, -0.25) is 4.79 Å². The third-order valence-electron chi connectivity index (χ3n) is 3.50. The van der Waals surface area contributed by atoms with E-state index in [1.165, 1.54) is 0 Å². The Morgan fingerprint density at radius 1 is 1.00 bits per heavy atom. The minimum atomic E-state index is -0.460. The van der Waals surface area contributed by atoms with E-state index in [0.29, 0.717) is 24.0 Å². The number of carbonyl (C=O) groups excluding carboxylic acids is 2. The Hall–Kier alpha value is -2.62. The first-order valence-electron chi connectivity index (χ1n) is 7.58. The van der Waals surface area contributed by atoms with Crippen LogP contribution in [0.4, 0.5) is 0 Å². The number of hydrogen-bond acceptors (Lipinski definition) is 4. The maximum Gasteiger partial charge on any atom is 0.338 e. The minimum absolute atomic E-state index is 0.0727. The fraction of sp³-hybridized carbons (Fsp3) is 0.263. The van der Waals surface area contributed by atoms with Gasteiger partial charge in [0.1, 0.15) is 5.75 Å². The molecule has 0 saturated heterocycles. The molecule has 0 N–H and O–H groups in total. The fourth-order valence-corrected chi connectivity index (χ4v) is 2.33. The largest absolute Gasteiger partial charge is 0.497 e. The van der Waals surface area contributed by atoms with Crippen LogP contribution in [0.2, 0.25) is 0 Å². The van der Waals surface area contributed by atoms with Crippen molar-refractivity contribution in [3.05, 3.63) is 65.2 Å². The summed E-state index contributed by atoms with van der Waals surface area (Å²) in [6.07, 6.45) is 0.913. The summed E-state index contributed by atoms with van der Waals surface area (Å²) in [7, 11) is 1.61. The Morgan fingerprint density at radius 2 is 1.74 bits per heavy atom. The van der Waals surface area contributed by atoms with Crippen LogP contribution >= 0.6 is 0 Å². The molecule has 0 radical (unpaired) electrons. The van der Waals surface area contributed by atoms with Crippen molar-refractivity contribution in [1.29, 1.82) is 0 Å². The highest BCUT2D eigenvalue weighted by molar-refractivity contribution is 6.06. The molecule has 0 aliphatic rings. The van der Waals surface area contributed by atoms with Gasteiger partial charge in [0.05, 0.1) is 19.3 Å². The molecule has 23 heavy (non-hydrogen) atoms. The summed E-state index contributed by atoms with van der Waals surface area (Å²) in [5.41, 5.74) is 1.75. The zero-order valence-electron chi connectivity index (χ0n) is 13.4. The molecule has 0 aromatic heterocycles. The molecule has 4 nitrogen and oxygen atoms in total. The van der Waals surface area contributed by atoms with Crippen molar-refractivity contribution in [2.24, 2.45) is 0 Å². The third-order valence-corrected chi connectivity index (χ3v) is 3.50. The van der Waals surface area contributed by atoms with Gasteiger partial charge in [-0.2, -0.15) is 0 Å². The molecule has 0 amide bonds. The lowest BCUT2D eigenvalue weighted by atomic mass is 9.98. The van der Waals surface area contributed by atoms with Crippen molar-refractivity contribution in [3.8, 4) is 5.75 Å². The first-order valence-corrected chi connectivity index (χ1v) is 7.58. The fourth-order valence-electron chi connectivity index (χ4n) is 2.33. The van der Waals surface area contributed by atoms with Crippen LogP contribution in [-0.4, -0.2) is 25.5 Å². The van der Waals surface area contributed by atoms with Gasteiger partial charge in [0.25, 0.3) is 0 Å². The van der Waals surface area contributed by atoms with Gasteiger partial charge in [0, 0.05) is 12.0 Å². The summed E-state index contributed by atoms with van der Waals surface area (Å²) in [5, 5.41) is 0. The molecule has 120 valence electrons. The lowest BCUT2D eigenvalue weighted by molar-refractivity contribution is 0.0523. The summed E-state index contributed by atoms with van der Waals surface area (Å²) in [4.78, 5) is 24.4. The zero-order chi connectivity index (χ0) is 16.7. The van der Waals surface area contributed by atoms with Crippen molar-refractivity contribution in [1.82, 2.24) is 0 Å². The Bertz CT molecular complexity index is 691. The van der Waals surface area contributed by atoms with E-state index in [4.69, 9.17) is 9.47 Å². The van der Waals surface area contributed by atoms with Crippen LogP contribution in [0.15, 0.2) is 48.5 Å². The maximum atomic E-state index is 12.5. The average Bonchev–Trinajstić information content (AvgIpc) is 2.60. The molecule has 2 aromatic carbocycles. The second-order valence-electron chi connectivity index (χ2n) is 5.04. The quantitative estimate of drug-likeness (QED) is 0.578. The Labute approximate surface area is 136 Å². The molecule has 0 aliphatic carbocycles. The van der Waals surface area contributed by atoms with Crippen LogP contribution in [0.5, 0.6) is 5.75 Å². The topological polar surface area (TPSA) is 52.6 Å². The van der Waals surface area contributed by atoms with E-state index in [9.17, 15) is 9.59 Å². The summed E-state index contributed by atoms with van der Waals surface area (Å²) < 4.78 is 10.2. The standard InChI is InChI=1S/C19H20O4/c1-3-23-19(21)17-10-5-4-9-16(17)18(20)12-11-14-7-6-8-15(13-14)22-2/h4-10,13H,3,11-12H2,1-2H3. The van der Waals surface area contributed by atoms with E-state index in [-0.39, 0.29) is 12.4 Å². The van der Waals surface area contributed by atoms with Gasteiger partial charge in [-0.05, 0) is 37.1 Å². The van der Waals surface area contributed by atoms with Crippen molar-refractivity contribution >= 4 is 11.8 Å². The van der Waals surface area contributed by atoms with Crippen LogP contribution in [0.1, 0.15) is 39.6 Å². The highest BCUT2D eigenvalue weighted by atomic mass is 16.5. The highest BCUT2D eigenvalue weighted by Crippen LogP contribution is 2.17. The van der Waals surface area contributed by atoms with E-state index >= 15 is 0 Å². The van der Waals surface area contributed by atoms with Crippen LogP contribution in [0.25, 0.3) is 0 Å². The van der Waals surface area contributed by atoms with E-state index in [1.807, 2.05) is 24.3 Å². The summed E-state index contributed by atoms with van der Waals surface area (Å²) in [5.74, 6) is 0.233. The second kappa shape index (κ2) is 8.13. The predicted octanol–water partition coefficient (Wildman–Crippen LogP) is 3.69. The molecule has 0 heterocycles.